The smallest absolute Gasteiger partial charge is 0.410 e. The molecule has 1 saturated carbocycles. The van der Waals surface area contributed by atoms with Gasteiger partial charge in [0.1, 0.15) is 12.2 Å². The molecule has 2 heterocycles. The molecule has 1 saturated heterocycles. The number of aromatic carboxylic acids is 1. The fraction of sp³-hybridized carbons (Fsp3) is 0.538. The van der Waals surface area contributed by atoms with Crippen LogP contribution in [0.1, 0.15) is 95.1 Å². The Bertz CT molecular complexity index is 1880. The van der Waals surface area contributed by atoms with Gasteiger partial charge in [-0.1, -0.05) is 45.0 Å². The fourth-order valence-corrected chi connectivity index (χ4v) is 8.41. The molecular weight excluding hydrogens is 718 g/mol. The van der Waals surface area contributed by atoms with Crippen molar-refractivity contribution in [1.29, 1.82) is 0 Å². The molecule has 5 rings (SSSR count). The highest BCUT2D eigenvalue weighted by molar-refractivity contribution is 7.92. The Hall–Kier alpha value is -3.94. The van der Waals surface area contributed by atoms with Crippen molar-refractivity contribution in [3.63, 3.8) is 0 Å². The number of ether oxygens (including phenoxy) is 2. The van der Waals surface area contributed by atoms with E-state index in [0.717, 1.165) is 54.9 Å². The van der Waals surface area contributed by atoms with E-state index in [0.29, 0.717) is 18.8 Å². The maximum absolute atomic E-state index is 13.4. The first-order valence-electron chi connectivity index (χ1n) is 17.9. The molecule has 2 fully saturated rings. The number of hydrogen-bond donors (Lipinski definition) is 3. The summed E-state index contributed by atoms with van der Waals surface area (Å²) in [6.07, 6.45) is 4.50. The Balaban J connectivity index is 0.00000627. The number of carbonyl (C=O) groups is 2. The second-order valence-electron chi connectivity index (χ2n) is 16.7. The van der Waals surface area contributed by atoms with Gasteiger partial charge in [-0.05, 0) is 107 Å². The third-order valence-electron chi connectivity index (χ3n) is 9.49. The summed E-state index contributed by atoms with van der Waals surface area (Å²) in [7, 11) is -4.24. The lowest BCUT2D eigenvalue weighted by Gasteiger charge is -2.53. The van der Waals surface area contributed by atoms with E-state index in [9.17, 15) is 23.1 Å². The summed E-state index contributed by atoms with van der Waals surface area (Å²) in [4.78, 5) is 35.1. The van der Waals surface area contributed by atoms with Crippen LogP contribution in [0.25, 0.3) is 11.3 Å². The first-order chi connectivity index (χ1) is 24.2. The quantitative estimate of drug-likeness (QED) is 0.177. The zero-order valence-electron chi connectivity index (χ0n) is 32.0. The molecule has 0 bridgehead atoms. The van der Waals surface area contributed by atoms with E-state index in [1.807, 2.05) is 57.7 Å². The SMILES string of the molecule is Cc1cccc(C)c1-c1cc(OC[C@@H](CC(C)(C)C)NC2CC3(CCCN(C(=O)OC(C)(C)C)C3)C2)nc(NS(=O)(=O)c2cccc(C(=O)O)c2)n1.Cl. The average molecular weight is 772 g/mol. The fourth-order valence-electron chi connectivity index (χ4n) is 7.42. The number of carbonyl (C=O) groups excluding carboxylic acids is 1. The molecule has 2 aromatic carbocycles. The monoisotopic (exact) mass is 771 g/mol. The van der Waals surface area contributed by atoms with Crippen molar-refractivity contribution < 1.29 is 32.6 Å². The molecule has 3 aromatic rings. The van der Waals surface area contributed by atoms with Gasteiger partial charge in [0.2, 0.25) is 11.8 Å². The minimum atomic E-state index is -4.24. The second-order valence-corrected chi connectivity index (χ2v) is 18.4. The van der Waals surface area contributed by atoms with Crippen molar-refractivity contribution in [1.82, 2.24) is 20.2 Å². The normalized spacial score (nSPS) is 19.5. The van der Waals surface area contributed by atoms with E-state index >= 15 is 0 Å². The van der Waals surface area contributed by atoms with Crippen LogP contribution in [-0.4, -0.2) is 77.8 Å². The summed E-state index contributed by atoms with van der Waals surface area (Å²) in [5.41, 5.74) is 2.60. The molecule has 3 N–H and O–H groups in total. The lowest BCUT2D eigenvalue weighted by Crippen LogP contribution is -2.59. The number of carboxylic acids is 1. The molecular formula is C39H54ClN5O7S. The van der Waals surface area contributed by atoms with Crippen molar-refractivity contribution in [2.24, 2.45) is 10.8 Å². The summed E-state index contributed by atoms with van der Waals surface area (Å²) in [5.74, 6) is -1.22. The van der Waals surface area contributed by atoms with E-state index in [1.165, 1.54) is 18.2 Å². The predicted octanol–water partition coefficient (Wildman–Crippen LogP) is 7.63. The van der Waals surface area contributed by atoms with Gasteiger partial charge in [-0.25, -0.2) is 27.7 Å². The van der Waals surface area contributed by atoms with Crippen LogP contribution in [0, 0.1) is 24.7 Å². The number of likely N-dealkylation sites (tertiary alicyclic amines) is 1. The third-order valence-corrected chi connectivity index (χ3v) is 10.8. The van der Waals surface area contributed by atoms with Crippen molar-refractivity contribution in [2.45, 2.75) is 110 Å². The zero-order chi connectivity index (χ0) is 38.1. The topological polar surface area (TPSA) is 160 Å². The molecule has 1 atom stereocenters. The van der Waals surface area contributed by atoms with Crippen LogP contribution in [-0.2, 0) is 14.8 Å². The summed E-state index contributed by atoms with van der Waals surface area (Å²) in [5, 5.41) is 13.2. The number of nitrogens with zero attached hydrogens (tertiary/aromatic N) is 3. The van der Waals surface area contributed by atoms with Gasteiger partial charge >= 0.3 is 12.1 Å². The molecule has 1 aromatic heterocycles. The maximum Gasteiger partial charge on any atom is 0.410 e. The van der Waals surface area contributed by atoms with Crippen molar-refractivity contribution in [3.8, 4) is 17.1 Å². The zero-order valence-corrected chi connectivity index (χ0v) is 33.6. The molecule has 12 nitrogen and oxygen atoms in total. The summed E-state index contributed by atoms with van der Waals surface area (Å²) in [6, 6.07) is 12.9. The number of aryl methyl sites for hydroxylation is 2. The van der Waals surface area contributed by atoms with Crippen molar-refractivity contribution in [2.75, 3.05) is 24.4 Å². The largest absolute Gasteiger partial charge is 0.478 e. The minimum Gasteiger partial charge on any atom is -0.478 e. The van der Waals surface area contributed by atoms with E-state index in [2.05, 4.69) is 40.8 Å². The van der Waals surface area contributed by atoms with Crippen LogP contribution in [0.3, 0.4) is 0 Å². The van der Waals surface area contributed by atoms with Gasteiger partial charge < -0.3 is 24.8 Å². The minimum absolute atomic E-state index is 0. The van der Waals surface area contributed by atoms with Crippen LogP contribution in [0.5, 0.6) is 5.88 Å². The van der Waals surface area contributed by atoms with E-state index in [1.54, 1.807) is 6.07 Å². The molecule has 53 heavy (non-hydrogen) atoms. The van der Waals surface area contributed by atoms with Gasteiger partial charge in [0.05, 0.1) is 16.2 Å². The number of aromatic nitrogens is 2. The number of nitrogens with one attached hydrogen (secondary N) is 2. The highest BCUT2D eigenvalue weighted by Gasteiger charge is 2.48. The molecule has 0 unspecified atom stereocenters. The molecule has 1 amide bonds. The lowest BCUT2D eigenvalue weighted by molar-refractivity contribution is -0.0304. The van der Waals surface area contributed by atoms with Gasteiger partial charge in [-0.2, -0.15) is 4.98 Å². The number of sulfonamides is 1. The molecule has 0 radical (unpaired) electrons. The van der Waals surface area contributed by atoms with Crippen LogP contribution in [0.2, 0.25) is 0 Å². The van der Waals surface area contributed by atoms with Crippen LogP contribution in [0.4, 0.5) is 10.7 Å². The summed E-state index contributed by atoms with van der Waals surface area (Å²) in [6.45, 7) is 17.8. The Morgan fingerprint density at radius 3 is 2.30 bits per heavy atom. The van der Waals surface area contributed by atoms with Crippen LogP contribution < -0.4 is 14.8 Å². The molecule has 1 aliphatic heterocycles. The highest BCUT2D eigenvalue weighted by atomic mass is 35.5. The Morgan fingerprint density at radius 2 is 1.68 bits per heavy atom. The van der Waals surface area contributed by atoms with Crippen LogP contribution in [0.15, 0.2) is 53.4 Å². The lowest BCUT2D eigenvalue weighted by atomic mass is 9.61. The van der Waals surface area contributed by atoms with Gasteiger partial charge in [-0.15, -0.1) is 12.4 Å². The van der Waals surface area contributed by atoms with Gasteiger partial charge in [-0.3, -0.25) is 0 Å². The Kier molecular flexibility index (Phi) is 12.8. The molecule has 2 aliphatic rings. The Morgan fingerprint density at radius 1 is 1.02 bits per heavy atom. The number of halogens is 1. The van der Waals surface area contributed by atoms with Gasteiger partial charge in [0, 0.05) is 36.8 Å². The summed E-state index contributed by atoms with van der Waals surface area (Å²) < 4.78 is 41.4. The number of rotatable bonds is 11. The summed E-state index contributed by atoms with van der Waals surface area (Å²) >= 11 is 0. The standard InChI is InChI=1S/C39H53N5O7S.ClH/c1-25-12-9-13-26(2)33(25)31-19-32(42-35(41-31)43-52(48,49)30-15-10-14-27(18-30)34(45)46)50-23-29(20-37(3,4)5)40-28-21-39(22-28)16-11-17-44(24-39)36(47)51-38(6,7)8;/h9-10,12-15,18-19,28-29,40H,11,16-17,20-24H2,1-8H3,(H,45,46)(H,41,42,43);1H/t28?,29-,39?;/m1./s1. The average Bonchev–Trinajstić information content (AvgIpc) is 3.01. The second kappa shape index (κ2) is 16.2. The maximum atomic E-state index is 13.4. The van der Waals surface area contributed by atoms with E-state index in [-0.39, 0.29) is 70.3 Å². The first kappa shape index (κ1) is 41.8. The Labute approximate surface area is 319 Å². The first-order valence-corrected chi connectivity index (χ1v) is 19.4. The van der Waals surface area contributed by atoms with Crippen LogP contribution >= 0.6 is 12.4 Å². The molecule has 1 aliphatic carbocycles. The molecule has 1 spiro atoms. The molecule has 14 heteroatoms. The van der Waals surface area contributed by atoms with E-state index in [4.69, 9.17) is 9.47 Å². The number of benzene rings is 2. The van der Waals surface area contributed by atoms with Gasteiger partial charge in [0.15, 0.2) is 0 Å². The number of carboxylic acid groups (broad SMARTS) is 1. The number of hydrogen-bond acceptors (Lipinski definition) is 9. The predicted molar refractivity (Wildman–Crippen MR) is 207 cm³/mol. The third kappa shape index (κ3) is 11.0. The van der Waals surface area contributed by atoms with E-state index < -0.39 is 21.6 Å². The van der Waals surface area contributed by atoms with Gasteiger partial charge in [0.25, 0.3) is 10.0 Å². The number of amides is 1. The van der Waals surface area contributed by atoms with Crippen molar-refractivity contribution >= 4 is 40.4 Å². The highest BCUT2D eigenvalue weighted by Crippen LogP contribution is 2.48. The number of anilines is 1. The van der Waals surface area contributed by atoms with Crippen molar-refractivity contribution in [3.05, 3.63) is 65.2 Å². The molecule has 290 valence electrons. The number of piperidine rings is 1.